The first kappa shape index (κ1) is 19.2. The van der Waals surface area contributed by atoms with E-state index < -0.39 is 6.04 Å². The molecule has 1 aromatic carbocycles. The lowest BCUT2D eigenvalue weighted by atomic mass is 9.94. The fourth-order valence-electron chi connectivity index (χ4n) is 4.42. The predicted molar refractivity (Wildman–Crippen MR) is 109 cm³/mol. The van der Waals surface area contributed by atoms with Crippen LogP contribution in [0, 0.1) is 0 Å². The number of halogens is 1. The van der Waals surface area contributed by atoms with Crippen LogP contribution < -0.4 is 5.32 Å². The van der Waals surface area contributed by atoms with Gasteiger partial charge in [-0.1, -0.05) is 35.2 Å². The summed E-state index contributed by atoms with van der Waals surface area (Å²) in [5.74, 6) is -0.139. The Morgan fingerprint density at radius 3 is 2.43 bits per heavy atom. The van der Waals surface area contributed by atoms with Gasteiger partial charge in [0.2, 0.25) is 0 Å². The van der Waals surface area contributed by atoms with Gasteiger partial charge in [-0.05, 0) is 43.5 Å². The number of hydrogen-bond acceptors (Lipinski definition) is 3. The van der Waals surface area contributed by atoms with Crippen LogP contribution in [0.5, 0.6) is 0 Å². The molecule has 3 fully saturated rings. The van der Waals surface area contributed by atoms with Crippen molar-refractivity contribution >= 4 is 39.6 Å². The van der Waals surface area contributed by atoms with Gasteiger partial charge in [0, 0.05) is 29.3 Å². The molecule has 2 aliphatic heterocycles. The highest BCUT2D eigenvalue weighted by molar-refractivity contribution is 9.10. The van der Waals surface area contributed by atoms with E-state index in [1.807, 2.05) is 24.3 Å². The third kappa shape index (κ3) is 3.74. The lowest BCUT2D eigenvalue weighted by Gasteiger charge is -2.29. The highest BCUT2D eigenvalue weighted by atomic mass is 79.9. The first-order chi connectivity index (χ1) is 13.5. The molecule has 3 aliphatic rings. The number of benzene rings is 1. The summed E-state index contributed by atoms with van der Waals surface area (Å²) >= 11 is 3.38. The van der Waals surface area contributed by atoms with Crippen molar-refractivity contribution in [2.45, 2.75) is 50.6 Å². The van der Waals surface area contributed by atoms with Gasteiger partial charge in [0.15, 0.2) is 0 Å². The summed E-state index contributed by atoms with van der Waals surface area (Å²) in [6.07, 6.45) is 5.76. The molecule has 2 saturated heterocycles. The lowest BCUT2D eigenvalue weighted by molar-refractivity contribution is -0.130. The van der Waals surface area contributed by atoms with Crippen molar-refractivity contribution < 1.29 is 14.4 Å². The van der Waals surface area contributed by atoms with Crippen LogP contribution in [0.4, 0.5) is 15.3 Å². The van der Waals surface area contributed by atoms with Gasteiger partial charge in [-0.15, -0.1) is 0 Å². The highest BCUT2D eigenvalue weighted by Gasteiger charge is 2.49. The molecule has 28 heavy (non-hydrogen) atoms. The molecule has 150 valence electrons. The van der Waals surface area contributed by atoms with E-state index in [0.717, 1.165) is 30.2 Å². The maximum absolute atomic E-state index is 13.1. The van der Waals surface area contributed by atoms with Crippen LogP contribution in [-0.4, -0.2) is 64.4 Å². The Morgan fingerprint density at radius 1 is 1.00 bits per heavy atom. The molecular formula is C20H25BrN4O3. The zero-order valence-corrected chi connectivity index (χ0v) is 17.4. The van der Waals surface area contributed by atoms with Gasteiger partial charge in [-0.2, -0.15) is 0 Å². The summed E-state index contributed by atoms with van der Waals surface area (Å²) in [6, 6.07) is 6.42. The number of urea groups is 2. The number of nitrogens with zero attached hydrogens (tertiary/aromatic N) is 3. The van der Waals surface area contributed by atoms with Gasteiger partial charge in [0.1, 0.15) is 6.04 Å². The van der Waals surface area contributed by atoms with Crippen molar-refractivity contribution in [1.82, 2.24) is 14.7 Å². The van der Waals surface area contributed by atoms with Crippen LogP contribution in [0.2, 0.25) is 0 Å². The zero-order valence-electron chi connectivity index (χ0n) is 15.8. The molecule has 1 unspecified atom stereocenters. The smallest absolute Gasteiger partial charge is 0.322 e. The van der Waals surface area contributed by atoms with Crippen molar-refractivity contribution in [1.29, 1.82) is 0 Å². The molecule has 1 atom stereocenters. The van der Waals surface area contributed by atoms with Gasteiger partial charge in [-0.3, -0.25) is 9.69 Å². The van der Waals surface area contributed by atoms with E-state index in [0.29, 0.717) is 25.2 Å². The molecule has 5 amide bonds. The van der Waals surface area contributed by atoms with Crippen molar-refractivity contribution in [3.05, 3.63) is 28.7 Å². The molecule has 8 heteroatoms. The van der Waals surface area contributed by atoms with Crippen LogP contribution in [-0.2, 0) is 4.79 Å². The third-order valence-electron chi connectivity index (χ3n) is 5.89. The number of amides is 5. The molecule has 0 aromatic heterocycles. The van der Waals surface area contributed by atoms with Crippen LogP contribution in [0.3, 0.4) is 0 Å². The van der Waals surface area contributed by atoms with E-state index in [2.05, 4.69) is 21.2 Å². The summed E-state index contributed by atoms with van der Waals surface area (Å²) in [4.78, 5) is 43.5. The minimum Gasteiger partial charge on any atom is -0.322 e. The molecule has 7 nitrogen and oxygen atoms in total. The van der Waals surface area contributed by atoms with E-state index in [9.17, 15) is 14.4 Å². The second kappa shape index (κ2) is 8.11. The topological polar surface area (TPSA) is 73.0 Å². The Morgan fingerprint density at radius 2 is 1.71 bits per heavy atom. The minimum atomic E-state index is -0.562. The fourth-order valence-corrected chi connectivity index (χ4v) is 4.68. The summed E-state index contributed by atoms with van der Waals surface area (Å²) in [7, 11) is 0. The second-order valence-electron chi connectivity index (χ2n) is 7.73. The molecule has 0 bridgehead atoms. The molecule has 4 rings (SSSR count). The Kier molecular flexibility index (Phi) is 5.57. The summed E-state index contributed by atoms with van der Waals surface area (Å²) < 4.78 is 0.939. The normalized spacial score (nSPS) is 23.6. The minimum absolute atomic E-state index is 0.0192. The Labute approximate surface area is 173 Å². The van der Waals surface area contributed by atoms with Gasteiger partial charge in [-0.25, -0.2) is 9.59 Å². The SMILES string of the molecule is O=C(Nc1ccc(Br)cc1)N1CCCN2C(=O)N(C3CCCCC3)C(=O)C2C1. The molecular weight excluding hydrogens is 424 g/mol. The number of fused-ring (bicyclic) bond motifs is 1. The first-order valence-corrected chi connectivity index (χ1v) is 10.8. The highest BCUT2D eigenvalue weighted by Crippen LogP contribution is 2.30. The van der Waals surface area contributed by atoms with E-state index in [4.69, 9.17) is 0 Å². The lowest BCUT2D eigenvalue weighted by Crippen LogP contribution is -2.46. The van der Waals surface area contributed by atoms with Crippen LogP contribution in [0.15, 0.2) is 28.7 Å². The average molecular weight is 449 g/mol. The number of imide groups is 1. The van der Waals surface area contributed by atoms with Crippen molar-refractivity contribution in [2.75, 3.05) is 25.0 Å². The molecule has 2 heterocycles. The number of anilines is 1. The number of carbonyl (C=O) groups excluding carboxylic acids is 3. The van der Waals surface area contributed by atoms with Crippen molar-refractivity contribution in [3.63, 3.8) is 0 Å². The van der Waals surface area contributed by atoms with Gasteiger partial charge < -0.3 is 15.1 Å². The molecule has 0 spiro atoms. The van der Waals surface area contributed by atoms with Gasteiger partial charge in [0.05, 0.1) is 6.54 Å². The molecule has 1 N–H and O–H groups in total. The standard InChI is InChI=1S/C20H25BrN4O3/c21-14-7-9-15(10-8-14)22-19(27)23-11-4-12-24-17(13-23)18(26)25(20(24)28)16-5-2-1-3-6-16/h7-10,16-17H,1-6,11-13H2,(H,22,27). The predicted octanol–water partition coefficient (Wildman–Crippen LogP) is 3.65. The quantitative estimate of drug-likeness (QED) is 0.701. The Balaban J connectivity index is 1.46. The first-order valence-electron chi connectivity index (χ1n) is 10.00. The van der Waals surface area contributed by atoms with Crippen molar-refractivity contribution in [2.24, 2.45) is 0 Å². The number of hydrogen-bond donors (Lipinski definition) is 1. The molecule has 0 radical (unpaired) electrons. The fraction of sp³-hybridized carbons (Fsp3) is 0.550. The molecule has 1 saturated carbocycles. The Bertz CT molecular complexity index is 763. The van der Waals surface area contributed by atoms with E-state index >= 15 is 0 Å². The molecule has 1 aliphatic carbocycles. The number of nitrogens with one attached hydrogen (secondary N) is 1. The number of rotatable bonds is 2. The van der Waals surface area contributed by atoms with Crippen LogP contribution in [0.1, 0.15) is 38.5 Å². The molecule has 1 aromatic rings. The summed E-state index contributed by atoms with van der Waals surface area (Å²) in [5, 5.41) is 2.88. The maximum Gasteiger partial charge on any atom is 0.327 e. The largest absolute Gasteiger partial charge is 0.327 e. The number of carbonyl (C=O) groups is 3. The maximum atomic E-state index is 13.1. The van der Waals surface area contributed by atoms with Crippen LogP contribution in [0.25, 0.3) is 0 Å². The van der Waals surface area contributed by atoms with E-state index in [-0.39, 0.29) is 30.6 Å². The average Bonchev–Trinajstić information content (AvgIpc) is 2.86. The monoisotopic (exact) mass is 448 g/mol. The van der Waals surface area contributed by atoms with Crippen LogP contribution >= 0.6 is 15.9 Å². The van der Waals surface area contributed by atoms with E-state index in [1.165, 1.54) is 11.3 Å². The van der Waals surface area contributed by atoms with E-state index in [1.54, 1.807) is 9.80 Å². The van der Waals surface area contributed by atoms with Gasteiger partial charge >= 0.3 is 12.1 Å². The van der Waals surface area contributed by atoms with Crippen molar-refractivity contribution in [3.8, 4) is 0 Å². The zero-order chi connectivity index (χ0) is 19.7. The summed E-state index contributed by atoms with van der Waals surface area (Å²) in [6.45, 7) is 1.29. The summed E-state index contributed by atoms with van der Waals surface area (Å²) in [5.41, 5.74) is 0.701. The third-order valence-corrected chi connectivity index (χ3v) is 6.42. The second-order valence-corrected chi connectivity index (χ2v) is 8.64. The Hall–Kier alpha value is -2.09. The van der Waals surface area contributed by atoms with Gasteiger partial charge in [0.25, 0.3) is 5.91 Å².